The molecule has 1 atom stereocenters. The summed E-state index contributed by atoms with van der Waals surface area (Å²) in [4.78, 5) is 17.6. The zero-order chi connectivity index (χ0) is 27.9. The molecule has 2 heterocycles. The van der Waals surface area contributed by atoms with Crippen molar-refractivity contribution in [3.05, 3.63) is 72.4 Å². The van der Waals surface area contributed by atoms with Crippen LogP contribution in [0.5, 0.6) is 0 Å². The number of amides is 1. The van der Waals surface area contributed by atoms with Gasteiger partial charge in [-0.2, -0.15) is 0 Å². The molecule has 7 nitrogen and oxygen atoms in total. The molecule has 1 aromatic heterocycles. The normalized spacial score (nSPS) is 20.4. The molecule has 3 aromatic rings. The SMILES string of the molecule is NC1(c2ccc(-c3ncc(NC(=O)[C@@H](F)C4CCN(S(=O)(=O)C5CC5)CC4)cc3-c3ccccc3)cc2)CCC1. The van der Waals surface area contributed by atoms with Crippen molar-refractivity contribution in [2.45, 2.75) is 61.9 Å². The molecule has 0 radical (unpaired) electrons. The Morgan fingerprint density at radius 3 is 2.27 bits per heavy atom. The number of nitrogens with two attached hydrogens (primary N) is 1. The quantitative estimate of drug-likeness (QED) is 0.391. The Balaban J connectivity index is 1.18. The van der Waals surface area contributed by atoms with Crippen molar-refractivity contribution in [3.63, 3.8) is 0 Å². The number of piperidine rings is 1. The average molecular weight is 563 g/mol. The second-order valence-electron chi connectivity index (χ2n) is 11.4. The monoisotopic (exact) mass is 562 g/mol. The summed E-state index contributed by atoms with van der Waals surface area (Å²) in [5, 5.41) is 2.44. The van der Waals surface area contributed by atoms with Crippen LogP contribution in [0.1, 0.15) is 50.5 Å². The Hall–Kier alpha value is -3.14. The third-order valence-electron chi connectivity index (χ3n) is 8.69. The minimum Gasteiger partial charge on any atom is -0.322 e. The van der Waals surface area contributed by atoms with Crippen molar-refractivity contribution in [3.8, 4) is 22.4 Å². The van der Waals surface area contributed by atoms with Gasteiger partial charge in [-0.25, -0.2) is 17.1 Å². The van der Waals surface area contributed by atoms with Gasteiger partial charge in [-0.15, -0.1) is 0 Å². The van der Waals surface area contributed by atoms with Crippen LogP contribution in [-0.2, 0) is 20.4 Å². The Labute approximate surface area is 235 Å². The van der Waals surface area contributed by atoms with E-state index in [4.69, 9.17) is 10.7 Å². The van der Waals surface area contributed by atoms with Crippen molar-refractivity contribution in [1.29, 1.82) is 0 Å². The van der Waals surface area contributed by atoms with Crippen molar-refractivity contribution in [2.24, 2.45) is 11.7 Å². The lowest BCUT2D eigenvalue weighted by Gasteiger charge is -2.38. The molecule has 3 fully saturated rings. The van der Waals surface area contributed by atoms with Crippen LogP contribution in [0.3, 0.4) is 0 Å². The first-order chi connectivity index (χ1) is 19.2. The van der Waals surface area contributed by atoms with Crippen LogP contribution >= 0.6 is 0 Å². The summed E-state index contributed by atoms with van der Waals surface area (Å²) in [6, 6.07) is 19.8. The highest BCUT2D eigenvalue weighted by atomic mass is 32.2. The summed E-state index contributed by atoms with van der Waals surface area (Å²) < 4.78 is 41.7. The molecule has 3 N–H and O–H groups in total. The number of carbonyl (C=O) groups excluding carboxylic acids is 1. The van der Waals surface area contributed by atoms with E-state index in [0.29, 0.717) is 31.4 Å². The van der Waals surface area contributed by atoms with Crippen molar-refractivity contribution < 1.29 is 17.6 Å². The van der Waals surface area contributed by atoms with E-state index in [1.807, 2.05) is 48.5 Å². The maximum atomic E-state index is 15.3. The number of aromatic nitrogens is 1. The van der Waals surface area contributed by atoms with Crippen molar-refractivity contribution >= 4 is 21.6 Å². The minimum atomic E-state index is -3.28. The van der Waals surface area contributed by atoms with Gasteiger partial charge in [-0.05, 0) is 62.1 Å². The third-order valence-corrected chi connectivity index (χ3v) is 11.1. The van der Waals surface area contributed by atoms with Crippen LogP contribution in [0.15, 0.2) is 66.9 Å². The number of pyridine rings is 1. The molecule has 0 bridgehead atoms. The van der Waals surface area contributed by atoms with Crippen molar-refractivity contribution in [2.75, 3.05) is 18.4 Å². The summed E-state index contributed by atoms with van der Waals surface area (Å²) in [6.45, 7) is 0.519. The van der Waals surface area contributed by atoms with Crippen LogP contribution in [-0.4, -0.2) is 48.1 Å². The highest BCUT2D eigenvalue weighted by molar-refractivity contribution is 7.90. The van der Waals surface area contributed by atoms with Gasteiger partial charge >= 0.3 is 0 Å². The summed E-state index contributed by atoms with van der Waals surface area (Å²) in [6.07, 6.45) is 5.01. The molecule has 2 aromatic carbocycles. The number of halogens is 1. The lowest BCUT2D eigenvalue weighted by molar-refractivity contribution is -0.123. The Kier molecular flexibility index (Phi) is 7.23. The first kappa shape index (κ1) is 27.1. The fourth-order valence-electron chi connectivity index (χ4n) is 5.83. The van der Waals surface area contributed by atoms with Gasteiger partial charge in [0.1, 0.15) is 0 Å². The summed E-state index contributed by atoms with van der Waals surface area (Å²) in [5.74, 6) is -1.25. The third kappa shape index (κ3) is 5.30. The van der Waals surface area contributed by atoms with E-state index in [1.165, 1.54) is 4.31 Å². The van der Waals surface area contributed by atoms with E-state index in [-0.39, 0.29) is 23.9 Å². The standard InChI is InChI=1S/C31H35FN4O3S/c32-28(22-13-17-36(18-14-22)40(38,39)26-11-12-26)30(37)35-25-19-27(21-5-2-1-3-6-21)29(34-20-25)23-7-9-24(10-8-23)31(33)15-4-16-31/h1-3,5-10,19-20,22,26,28H,4,11-18,33H2,(H,35,37)/t28-/m0/s1. The van der Waals surface area contributed by atoms with E-state index in [1.54, 1.807) is 6.20 Å². The number of carbonyl (C=O) groups is 1. The van der Waals surface area contributed by atoms with Crippen molar-refractivity contribution in [1.82, 2.24) is 9.29 Å². The summed E-state index contributed by atoms with van der Waals surface area (Å²) in [5.41, 5.74) is 11.2. The van der Waals surface area contributed by atoms with Crippen LogP contribution < -0.4 is 11.1 Å². The average Bonchev–Trinajstić information content (AvgIpc) is 3.83. The van der Waals surface area contributed by atoms with E-state index in [0.717, 1.165) is 47.2 Å². The molecule has 3 aliphatic rings. The number of sulfonamides is 1. The Bertz CT molecular complexity index is 1480. The van der Waals surface area contributed by atoms with E-state index in [2.05, 4.69) is 17.4 Å². The number of benzene rings is 2. The predicted molar refractivity (Wildman–Crippen MR) is 155 cm³/mol. The molecule has 2 saturated carbocycles. The number of anilines is 1. The topological polar surface area (TPSA) is 105 Å². The second kappa shape index (κ2) is 10.7. The summed E-state index contributed by atoms with van der Waals surface area (Å²) in [7, 11) is -3.28. The van der Waals surface area contributed by atoms with E-state index < -0.39 is 28.0 Å². The molecule has 0 unspecified atom stereocenters. The number of nitrogens with one attached hydrogen (secondary N) is 1. The molecule has 2 aliphatic carbocycles. The van der Waals surface area contributed by atoms with Crippen LogP contribution in [0.2, 0.25) is 0 Å². The maximum Gasteiger partial charge on any atom is 0.259 e. The molecule has 9 heteroatoms. The fourth-order valence-corrected chi connectivity index (χ4v) is 7.71. The molecule has 6 rings (SSSR count). The molecule has 1 amide bonds. The van der Waals surface area contributed by atoms with Gasteiger partial charge in [0.15, 0.2) is 6.17 Å². The van der Waals surface area contributed by atoms with E-state index >= 15 is 4.39 Å². The number of alkyl halides is 1. The molecule has 40 heavy (non-hydrogen) atoms. The largest absolute Gasteiger partial charge is 0.322 e. The molecule has 1 saturated heterocycles. The minimum absolute atomic E-state index is 0.243. The first-order valence-corrected chi connectivity index (χ1v) is 15.6. The number of nitrogens with zero attached hydrogens (tertiary/aromatic N) is 2. The van der Waals surface area contributed by atoms with Crippen LogP contribution in [0.25, 0.3) is 22.4 Å². The zero-order valence-electron chi connectivity index (χ0n) is 22.4. The molecular formula is C31H35FN4O3S. The van der Waals surface area contributed by atoms with Gasteiger partial charge < -0.3 is 11.1 Å². The van der Waals surface area contributed by atoms with Gasteiger partial charge in [-0.1, -0.05) is 54.6 Å². The number of hydrogen-bond donors (Lipinski definition) is 2. The van der Waals surface area contributed by atoms with E-state index in [9.17, 15) is 13.2 Å². The Morgan fingerprint density at radius 2 is 1.68 bits per heavy atom. The first-order valence-electron chi connectivity index (χ1n) is 14.1. The predicted octanol–water partition coefficient (Wildman–Crippen LogP) is 5.23. The van der Waals surface area contributed by atoms with Crippen LogP contribution in [0.4, 0.5) is 10.1 Å². The smallest absolute Gasteiger partial charge is 0.259 e. The number of hydrogen-bond acceptors (Lipinski definition) is 5. The van der Waals surface area contributed by atoms with Gasteiger partial charge in [-0.3, -0.25) is 9.78 Å². The lowest BCUT2D eigenvalue weighted by Crippen LogP contribution is -2.44. The van der Waals surface area contributed by atoms with Crippen LogP contribution in [0, 0.1) is 5.92 Å². The molecular weight excluding hydrogens is 527 g/mol. The maximum absolute atomic E-state index is 15.3. The summed E-state index contributed by atoms with van der Waals surface area (Å²) >= 11 is 0. The highest BCUT2D eigenvalue weighted by Gasteiger charge is 2.42. The number of rotatable bonds is 8. The van der Waals surface area contributed by atoms with Gasteiger partial charge in [0.05, 0.1) is 22.8 Å². The van der Waals surface area contributed by atoms with Gasteiger partial charge in [0.2, 0.25) is 10.0 Å². The lowest BCUT2D eigenvalue weighted by atomic mass is 9.72. The zero-order valence-corrected chi connectivity index (χ0v) is 23.2. The molecule has 1 aliphatic heterocycles. The second-order valence-corrected chi connectivity index (χ2v) is 13.7. The molecule has 210 valence electrons. The molecule has 0 spiro atoms. The van der Waals surface area contributed by atoms with Gasteiger partial charge in [0, 0.05) is 35.7 Å². The fraction of sp³-hybridized carbons (Fsp3) is 0.419. The Morgan fingerprint density at radius 1 is 1.00 bits per heavy atom. The highest BCUT2D eigenvalue weighted by Crippen LogP contribution is 2.40. The van der Waals surface area contributed by atoms with Gasteiger partial charge in [0.25, 0.3) is 5.91 Å².